The van der Waals surface area contributed by atoms with E-state index in [9.17, 15) is 9.90 Å². The van der Waals surface area contributed by atoms with Gasteiger partial charge in [-0.1, -0.05) is 19.8 Å². The van der Waals surface area contributed by atoms with Crippen LogP contribution in [0.4, 0.5) is 0 Å². The molecule has 3 atom stereocenters. The fraction of sp³-hybridized carbons (Fsp3) is 0.667. The van der Waals surface area contributed by atoms with Gasteiger partial charge in [-0.05, 0) is 44.6 Å². The summed E-state index contributed by atoms with van der Waals surface area (Å²) in [6.45, 7) is 2.29. The summed E-state index contributed by atoms with van der Waals surface area (Å²) >= 11 is 0. The number of carbonyl (C=O) groups excluding carboxylic acids is 1. The summed E-state index contributed by atoms with van der Waals surface area (Å²) in [5.41, 5.74) is 2.20. The molecule has 0 radical (unpaired) electrons. The van der Waals surface area contributed by atoms with Crippen molar-refractivity contribution >= 4 is 17.1 Å². The van der Waals surface area contributed by atoms with E-state index in [0.717, 1.165) is 36.8 Å². The number of fused-ring (bicyclic) bond motifs is 3. The van der Waals surface area contributed by atoms with E-state index in [2.05, 4.69) is 21.5 Å². The molecule has 6 nitrogen and oxygen atoms in total. The molecule has 0 aromatic carbocycles. The van der Waals surface area contributed by atoms with Gasteiger partial charge >= 0.3 is 0 Å². The van der Waals surface area contributed by atoms with Gasteiger partial charge in [-0.25, -0.2) is 9.97 Å². The molecule has 0 spiro atoms. The van der Waals surface area contributed by atoms with Crippen LogP contribution >= 0.6 is 0 Å². The molecule has 2 bridgehead atoms. The quantitative estimate of drug-likeness (QED) is 0.899. The molecule has 1 aliphatic carbocycles. The summed E-state index contributed by atoms with van der Waals surface area (Å²) in [5.74, 6) is 0.0519. The molecule has 0 unspecified atom stereocenters. The van der Waals surface area contributed by atoms with Crippen molar-refractivity contribution in [2.24, 2.45) is 5.41 Å². The van der Waals surface area contributed by atoms with E-state index < -0.39 is 0 Å². The predicted octanol–water partition coefficient (Wildman–Crippen LogP) is 3.31. The van der Waals surface area contributed by atoms with Crippen molar-refractivity contribution in [1.82, 2.24) is 19.4 Å². The minimum atomic E-state index is -0.125. The van der Waals surface area contributed by atoms with Crippen LogP contribution in [0.15, 0.2) is 18.6 Å². The van der Waals surface area contributed by atoms with Crippen molar-refractivity contribution in [1.29, 1.82) is 0 Å². The Hall–Kier alpha value is -1.95. The largest absolute Gasteiger partial charge is 0.396 e. The molecule has 2 aliphatic heterocycles. The van der Waals surface area contributed by atoms with Crippen molar-refractivity contribution in [2.75, 3.05) is 6.61 Å². The van der Waals surface area contributed by atoms with Crippen LogP contribution in [0.2, 0.25) is 0 Å². The Labute approximate surface area is 159 Å². The molecule has 1 amide bonds. The summed E-state index contributed by atoms with van der Waals surface area (Å²) in [5, 5.41) is 9.99. The van der Waals surface area contributed by atoms with Crippen LogP contribution in [0.5, 0.6) is 0 Å². The lowest BCUT2D eigenvalue weighted by atomic mass is 9.72. The monoisotopic (exact) mass is 368 g/mol. The number of carbonyl (C=O) groups is 1. The number of aliphatic hydroxyl groups is 1. The van der Waals surface area contributed by atoms with E-state index >= 15 is 0 Å². The molecular formula is C21H28N4O2. The second-order valence-corrected chi connectivity index (χ2v) is 8.69. The average Bonchev–Trinajstić information content (AvgIpc) is 3.48. The molecule has 2 aromatic rings. The summed E-state index contributed by atoms with van der Waals surface area (Å²) in [7, 11) is 0. The number of hydrogen-bond donors (Lipinski definition) is 1. The van der Waals surface area contributed by atoms with Gasteiger partial charge in [0.15, 0.2) is 5.65 Å². The third kappa shape index (κ3) is 2.45. The van der Waals surface area contributed by atoms with Gasteiger partial charge in [0.25, 0.3) is 5.91 Å². The third-order valence-electron chi connectivity index (χ3n) is 7.48. The van der Waals surface area contributed by atoms with Crippen LogP contribution in [0.3, 0.4) is 0 Å². The number of hydrogen-bond acceptors (Lipinski definition) is 4. The molecule has 4 heterocycles. The van der Waals surface area contributed by atoms with Gasteiger partial charge in [-0.2, -0.15) is 0 Å². The van der Waals surface area contributed by atoms with E-state index in [4.69, 9.17) is 0 Å². The lowest BCUT2D eigenvalue weighted by Crippen LogP contribution is -2.42. The first kappa shape index (κ1) is 17.2. The maximum atomic E-state index is 13.3. The number of nitrogens with zero attached hydrogens (tertiary/aromatic N) is 4. The van der Waals surface area contributed by atoms with Crippen molar-refractivity contribution in [3.05, 3.63) is 24.2 Å². The lowest BCUT2D eigenvalue weighted by Gasteiger charge is -2.34. The molecule has 144 valence electrons. The molecule has 3 fully saturated rings. The number of imidazole rings is 1. The molecule has 5 rings (SSSR count). The molecular weight excluding hydrogens is 340 g/mol. The van der Waals surface area contributed by atoms with Crippen LogP contribution in [-0.4, -0.2) is 49.1 Å². The van der Waals surface area contributed by atoms with Gasteiger partial charge in [0.1, 0.15) is 5.52 Å². The summed E-state index contributed by atoms with van der Waals surface area (Å²) in [4.78, 5) is 24.5. The molecule has 2 saturated heterocycles. The maximum Gasteiger partial charge on any atom is 0.256 e. The second-order valence-electron chi connectivity index (χ2n) is 8.69. The molecule has 27 heavy (non-hydrogen) atoms. The Morgan fingerprint density at radius 3 is 2.74 bits per heavy atom. The number of pyridine rings is 1. The van der Waals surface area contributed by atoms with Gasteiger partial charge in [-0.3, -0.25) is 4.79 Å². The summed E-state index contributed by atoms with van der Waals surface area (Å²) in [6.07, 6.45) is 12.4. The van der Waals surface area contributed by atoms with Gasteiger partial charge in [0, 0.05) is 29.7 Å². The van der Waals surface area contributed by atoms with E-state index in [-0.39, 0.29) is 30.0 Å². The molecule has 2 aromatic heterocycles. The Morgan fingerprint density at radius 2 is 2.04 bits per heavy atom. The highest BCUT2D eigenvalue weighted by Gasteiger charge is 2.56. The standard InChI is InChI=1S/C21H28N4O2/c1-2-21(12-26)10-16-7-8-18(21)25(16)20(27)14-9-17-19(22-11-14)24(13-23-17)15-5-3-4-6-15/h9,11,13,15-16,18,26H,2-8,10,12H2,1H3/t16-,18+,21-/m1/s1. The van der Waals surface area contributed by atoms with E-state index in [1.54, 1.807) is 6.20 Å². The first-order valence-corrected chi connectivity index (χ1v) is 10.4. The first-order valence-electron chi connectivity index (χ1n) is 10.4. The third-order valence-corrected chi connectivity index (χ3v) is 7.48. The molecule has 6 heteroatoms. The zero-order valence-corrected chi connectivity index (χ0v) is 16.0. The van der Waals surface area contributed by atoms with Crippen LogP contribution in [-0.2, 0) is 0 Å². The van der Waals surface area contributed by atoms with E-state index in [0.29, 0.717) is 11.6 Å². The number of aromatic nitrogens is 3. The molecule has 1 saturated carbocycles. The van der Waals surface area contributed by atoms with E-state index in [1.165, 1.54) is 25.7 Å². The Balaban J connectivity index is 1.45. The molecule has 3 aliphatic rings. The fourth-order valence-corrected chi connectivity index (χ4v) is 5.89. The topological polar surface area (TPSA) is 71.2 Å². The van der Waals surface area contributed by atoms with Gasteiger partial charge in [0.05, 0.1) is 18.5 Å². The minimum Gasteiger partial charge on any atom is -0.396 e. The SMILES string of the molecule is CC[C@]1(CO)C[C@H]2CC[C@@H]1N2C(=O)c1cnc2c(c1)ncn2C1CCCC1. The first-order chi connectivity index (χ1) is 13.2. The van der Waals surface area contributed by atoms with Crippen LogP contribution in [0, 0.1) is 5.41 Å². The Kier molecular flexibility index (Phi) is 4.00. The highest BCUT2D eigenvalue weighted by atomic mass is 16.3. The van der Waals surface area contributed by atoms with Crippen molar-refractivity contribution in [2.45, 2.75) is 76.4 Å². The highest BCUT2D eigenvalue weighted by molar-refractivity contribution is 5.97. The summed E-state index contributed by atoms with van der Waals surface area (Å²) in [6, 6.07) is 2.80. The second kappa shape index (κ2) is 6.30. The highest BCUT2D eigenvalue weighted by Crippen LogP contribution is 2.51. The zero-order chi connectivity index (χ0) is 18.6. The fourth-order valence-electron chi connectivity index (χ4n) is 5.89. The van der Waals surface area contributed by atoms with Crippen molar-refractivity contribution < 1.29 is 9.90 Å². The number of rotatable bonds is 4. The van der Waals surface area contributed by atoms with Crippen LogP contribution in [0.1, 0.15) is 74.7 Å². The zero-order valence-electron chi connectivity index (χ0n) is 16.0. The smallest absolute Gasteiger partial charge is 0.256 e. The Morgan fingerprint density at radius 1 is 1.22 bits per heavy atom. The number of aliphatic hydroxyl groups excluding tert-OH is 1. The average molecular weight is 368 g/mol. The van der Waals surface area contributed by atoms with E-state index in [1.807, 2.05) is 17.3 Å². The van der Waals surface area contributed by atoms with Crippen LogP contribution < -0.4 is 0 Å². The van der Waals surface area contributed by atoms with Gasteiger partial charge in [-0.15, -0.1) is 0 Å². The normalized spacial score (nSPS) is 30.7. The van der Waals surface area contributed by atoms with Crippen LogP contribution in [0.25, 0.3) is 11.2 Å². The predicted molar refractivity (Wildman–Crippen MR) is 102 cm³/mol. The summed E-state index contributed by atoms with van der Waals surface area (Å²) < 4.78 is 2.18. The lowest BCUT2D eigenvalue weighted by molar-refractivity contribution is 0.0557. The van der Waals surface area contributed by atoms with Crippen molar-refractivity contribution in [3.63, 3.8) is 0 Å². The Bertz CT molecular complexity index is 866. The number of amides is 1. The van der Waals surface area contributed by atoms with Crippen molar-refractivity contribution in [3.8, 4) is 0 Å². The maximum absolute atomic E-state index is 13.3. The minimum absolute atomic E-state index is 0.0519. The van der Waals surface area contributed by atoms with Gasteiger partial charge < -0.3 is 14.6 Å². The van der Waals surface area contributed by atoms with Gasteiger partial charge in [0.2, 0.25) is 0 Å². The molecule has 1 N–H and O–H groups in total.